The first-order valence-electron chi connectivity index (χ1n) is 11.5. The number of likely N-dealkylation sites (N-methyl/N-ethyl adjacent to an activating group) is 2. The minimum Gasteiger partial charge on any atom is -0.382 e. The molecule has 0 saturated heterocycles. The first-order chi connectivity index (χ1) is 16.2. The van der Waals surface area contributed by atoms with Crippen molar-refractivity contribution in [3.63, 3.8) is 0 Å². The summed E-state index contributed by atoms with van der Waals surface area (Å²) >= 11 is 0. The third-order valence-electron chi connectivity index (χ3n) is 5.83. The molecule has 0 saturated carbocycles. The summed E-state index contributed by atoms with van der Waals surface area (Å²) in [5, 5.41) is 2.93. The fourth-order valence-electron chi connectivity index (χ4n) is 4.01. The maximum absolute atomic E-state index is 13.0. The molecule has 0 radical (unpaired) electrons. The van der Waals surface area contributed by atoms with Crippen LogP contribution in [0.25, 0.3) is 11.0 Å². The van der Waals surface area contributed by atoms with Crippen molar-refractivity contribution in [1.29, 1.82) is 0 Å². The first-order valence-corrected chi connectivity index (χ1v) is 11.5. The highest BCUT2D eigenvalue weighted by molar-refractivity contribution is 5.97. The zero-order chi connectivity index (χ0) is 25.0. The summed E-state index contributed by atoms with van der Waals surface area (Å²) in [5.41, 5.74) is 9.26. The molecule has 0 bridgehead atoms. The number of carbonyl (C=O) groups is 2. The van der Waals surface area contributed by atoms with Gasteiger partial charge < -0.3 is 20.9 Å². The molecule has 3 N–H and O–H groups in total. The van der Waals surface area contributed by atoms with E-state index in [1.165, 1.54) is 6.20 Å². The van der Waals surface area contributed by atoms with Crippen LogP contribution in [0.2, 0.25) is 0 Å². The number of hydrogen-bond acceptors (Lipinski definition) is 6. The lowest BCUT2D eigenvalue weighted by molar-refractivity contribution is -0.676. The molecule has 2 heterocycles. The van der Waals surface area contributed by atoms with Crippen molar-refractivity contribution in [1.82, 2.24) is 29.7 Å². The highest BCUT2D eigenvalue weighted by Gasteiger charge is 2.26. The Labute approximate surface area is 200 Å². The lowest BCUT2D eigenvalue weighted by Crippen LogP contribution is -2.40. The number of nitrogens with one attached hydrogen (secondary N) is 1. The van der Waals surface area contributed by atoms with Gasteiger partial charge in [0.1, 0.15) is 6.54 Å². The van der Waals surface area contributed by atoms with Crippen LogP contribution < -0.4 is 15.6 Å². The summed E-state index contributed by atoms with van der Waals surface area (Å²) in [5.74, 6) is 0.647. The van der Waals surface area contributed by atoms with E-state index in [-0.39, 0.29) is 29.9 Å². The molecule has 0 atom stereocenters. The van der Waals surface area contributed by atoms with Gasteiger partial charge in [0.25, 0.3) is 17.6 Å². The van der Waals surface area contributed by atoms with Gasteiger partial charge >= 0.3 is 0 Å². The predicted octanol–water partition coefficient (Wildman–Crippen LogP) is 1.21. The number of aromatic nitrogens is 4. The molecule has 0 unspecified atom stereocenters. The summed E-state index contributed by atoms with van der Waals surface area (Å²) in [6, 6.07) is 5.79. The largest absolute Gasteiger partial charge is 0.382 e. The average Bonchev–Trinajstić information content (AvgIpc) is 3.11. The second-order valence-electron chi connectivity index (χ2n) is 8.57. The van der Waals surface area contributed by atoms with Gasteiger partial charge in [0.05, 0.1) is 18.8 Å². The Balaban J connectivity index is 1.91. The molecule has 2 amide bonds. The summed E-state index contributed by atoms with van der Waals surface area (Å²) in [4.78, 5) is 37.8. The van der Waals surface area contributed by atoms with Crippen LogP contribution in [0.15, 0.2) is 24.4 Å². The molecule has 0 aliphatic rings. The highest BCUT2D eigenvalue weighted by Crippen LogP contribution is 2.19. The van der Waals surface area contributed by atoms with Gasteiger partial charge in [0, 0.05) is 38.0 Å². The van der Waals surface area contributed by atoms with Crippen molar-refractivity contribution in [3.05, 3.63) is 47.2 Å². The number of hydrogen-bond donors (Lipinski definition) is 2. The number of anilines is 1. The summed E-state index contributed by atoms with van der Waals surface area (Å²) in [6.07, 6.45) is 1.52. The quantitative estimate of drug-likeness (QED) is 0.458. The zero-order valence-electron chi connectivity index (χ0n) is 20.9. The average molecular weight is 468 g/mol. The van der Waals surface area contributed by atoms with E-state index in [1.54, 1.807) is 11.8 Å². The maximum Gasteiger partial charge on any atom is 0.277 e. The molecule has 3 rings (SSSR count). The smallest absolute Gasteiger partial charge is 0.277 e. The topological polar surface area (TPSA) is 113 Å². The summed E-state index contributed by atoms with van der Waals surface area (Å²) in [6.45, 7) is 9.02. The molecule has 2 aromatic heterocycles. The van der Waals surface area contributed by atoms with Crippen LogP contribution in [0.5, 0.6) is 0 Å². The molecule has 0 spiro atoms. The molecule has 0 fully saturated rings. The highest BCUT2D eigenvalue weighted by atomic mass is 16.2. The lowest BCUT2D eigenvalue weighted by Gasteiger charge is -2.19. The summed E-state index contributed by atoms with van der Waals surface area (Å²) in [7, 11) is 5.80. The zero-order valence-corrected chi connectivity index (χ0v) is 20.9. The molecule has 0 aliphatic carbocycles. The van der Waals surface area contributed by atoms with Crippen molar-refractivity contribution >= 4 is 28.7 Å². The van der Waals surface area contributed by atoms with Gasteiger partial charge in [-0.2, -0.15) is 0 Å². The van der Waals surface area contributed by atoms with Crippen LogP contribution in [-0.2, 0) is 19.6 Å². The van der Waals surface area contributed by atoms with Gasteiger partial charge in [-0.1, -0.05) is 0 Å². The maximum atomic E-state index is 13.0. The molecule has 1 aromatic carbocycles. The number of imidazole rings is 1. The number of nitrogens with two attached hydrogens (primary N) is 1. The van der Waals surface area contributed by atoms with Crippen molar-refractivity contribution in [2.75, 3.05) is 40.0 Å². The molecular weight excluding hydrogens is 432 g/mol. The van der Waals surface area contributed by atoms with Crippen LogP contribution in [0, 0.1) is 6.92 Å². The van der Waals surface area contributed by atoms with Gasteiger partial charge in [-0.05, 0) is 47.0 Å². The van der Waals surface area contributed by atoms with Crippen molar-refractivity contribution in [2.45, 2.75) is 40.4 Å². The fraction of sp³-hybridized carbons (Fsp3) is 0.458. The Morgan fingerprint density at radius 3 is 2.53 bits per heavy atom. The number of benzene rings is 1. The van der Waals surface area contributed by atoms with Gasteiger partial charge in [-0.15, -0.1) is 0 Å². The first kappa shape index (κ1) is 25.1. The third kappa shape index (κ3) is 5.17. The number of fused-ring (bicyclic) bond motifs is 1. The Morgan fingerprint density at radius 2 is 1.91 bits per heavy atom. The van der Waals surface area contributed by atoms with Crippen molar-refractivity contribution in [3.8, 4) is 0 Å². The van der Waals surface area contributed by atoms with E-state index in [9.17, 15) is 9.59 Å². The molecule has 0 aliphatic heterocycles. The number of nitrogens with zero attached hydrogens (tertiary/aromatic N) is 6. The van der Waals surface area contributed by atoms with E-state index < -0.39 is 0 Å². The van der Waals surface area contributed by atoms with Crippen LogP contribution in [0.3, 0.4) is 0 Å². The van der Waals surface area contributed by atoms with E-state index in [2.05, 4.69) is 36.2 Å². The Bertz CT molecular complexity index is 1200. The standard InChI is InChI=1S/C24H34N8O2/c1-7-31-18-10-9-17(24(34)30(6)12-11-29(4)5)13-19(18)32(8-2)20(31)15-27-23(33)21-22(25)28-16(3)14-26-21/h9-10,13-14H,7-8,11-12,15H2,1-6H3,(H2-,25,27,28,33)/p+1. The second kappa shape index (κ2) is 10.6. The van der Waals surface area contributed by atoms with Crippen LogP contribution in [-0.4, -0.2) is 70.4 Å². The molecule has 3 aromatic rings. The third-order valence-corrected chi connectivity index (χ3v) is 5.83. The Morgan fingerprint density at radius 1 is 1.18 bits per heavy atom. The minimum atomic E-state index is -0.376. The second-order valence-corrected chi connectivity index (χ2v) is 8.57. The van der Waals surface area contributed by atoms with Gasteiger partial charge in [-0.25, -0.2) is 19.1 Å². The predicted molar refractivity (Wildman–Crippen MR) is 131 cm³/mol. The van der Waals surface area contributed by atoms with E-state index in [0.717, 1.165) is 29.9 Å². The number of carbonyl (C=O) groups excluding carboxylic acids is 2. The SMILES string of the molecule is CCn1c(CNC(=O)c2ncc(C)nc2N)[n+](CC)c2ccc(C(=O)N(C)CCN(C)C)cc21. The van der Waals surface area contributed by atoms with Crippen LogP contribution in [0.4, 0.5) is 5.82 Å². The van der Waals surface area contributed by atoms with E-state index in [0.29, 0.717) is 24.3 Å². The fourth-order valence-corrected chi connectivity index (χ4v) is 4.01. The van der Waals surface area contributed by atoms with Crippen LogP contribution in [0.1, 0.15) is 46.2 Å². The van der Waals surface area contributed by atoms with E-state index in [1.807, 2.05) is 46.3 Å². The van der Waals surface area contributed by atoms with Gasteiger partial charge in [-0.3, -0.25) is 9.59 Å². The number of amides is 2. The van der Waals surface area contributed by atoms with Gasteiger partial charge in [0.15, 0.2) is 22.5 Å². The molecule has 10 nitrogen and oxygen atoms in total. The monoisotopic (exact) mass is 467 g/mol. The van der Waals surface area contributed by atoms with Crippen LogP contribution >= 0.6 is 0 Å². The number of aryl methyl sites for hydroxylation is 3. The minimum absolute atomic E-state index is 0.0149. The molecule has 10 heteroatoms. The van der Waals surface area contributed by atoms with E-state index >= 15 is 0 Å². The number of rotatable bonds is 9. The number of nitrogen functional groups attached to an aromatic ring is 1. The molecule has 34 heavy (non-hydrogen) atoms. The molecule has 182 valence electrons. The van der Waals surface area contributed by atoms with Crippen molar-refractivity contribution in [2.24, 2.45) is 0 Å². The normalized spacial score (nSPS) is 11.3. The Hall–Kier alpha value is -3.53. The molecular formula is C24H35N8O2+. The summed E-state index contributed by atoms with van der Waals surface area (Å²) < 4.78 is 4.27. The van der Waals surface area contributed by atoms with E-state index in [4.69, 9.17) is 5.73 Å². The Kier molecular flexibility index (Phi) is 7.83. The lowest BCUT2D eigenvalue weighted by atomic mass is 10.1. The van der Waals surface area contributed by atoms with Crippen molar-refractivity contribution < 1.29 is 14.2 Å². The van der Waals surface area contributed by atoms with Gasteiger partial charge in [0.2, 0.25) is 0 Å².